The lowest BCUT2D eigenvalue weighted by Gasteiger charge is -2.17. The molecule has 1 amide bonds. The maximum Gasteiger partial charge on any atom is 0.237 e. The molecule has 0 saturated heterocycles. The first-order valence-electron chi connectivity index (χ1n) is 4.45. The molecule has 0 spiro atoms. The molecule has 0 aromatic rings. The van der Waals surface area contributed by atoms with Crippen LogP contribution < -0.4 is 5.32 Å². The number of nitrogens with zero attached hydrogens (tertiary/aromatic N) is 1. The Kier molecular flexibility index (Phi) is 6.72. The number of carbonyl (C=O) groups excluding carboxylic acids is 1. The third-order valence-corrected chi connectivity index (χ3v) is 1.78. The van der Waals surface area contributed by atoms with Crippen LogP contribution >= 0.6 is 0 Å². The van der Waals surface area contributed by atoms with Gasteiger partial charge in [-0.3, -0.25) is 4.79 Å². The molecule has 0 aliphatic heterocycles. The smallest absolute Gasteiger partial charge is 0.237 e. The van der Waals surface area contributed by atoms with Gasteiger partial charge < -0.3 is 15.2 Å². The molecule has 80 valence electrons. The summed E-state index contributed by atoms with van der Waals surface area (Å²) in [5.74, 6) is -1.00. The lowest BCUT2D eigenvalue weighted by molar-refractivity contribution is -0.124. The fraction of sp³-hybridized carbons (Fsp3) is 0.778. The SMILES string of the molecule is COCC(CCO)NC(=O)C(C)C#N. The maximum atomic E-state index is 11.3. The number of nitriles is 1. The fourth-order valence-corrected chi connectivity index (χ4v) is 0.939. The number of methoxy groups -OCH3 is 1. The Morgan fingerprint density at radius 1 is 1.71 bits per heavy atom. The van der Waals surface area contributed by atoms with E-state index in [1.54, 1.807) is 0 Å². The number of aliphatic hydroxyl groups is 1. The van der Waals surface area contributed by atoms with E-state index in [0.717, 1.165) is 0 Å². The van der Waals surface area contributed by atoms with Crippen molar-refractivity contribution in [2.24, 2.45) is 5.92 Å². The Bertz CT molecular complexity index is 207. The Hall–Kier alpha value is -1.12. The zero-order chi connectivity index (χ0) is 11.0. The Labute approximate surface area is 83.7 Å². The van der Waals surface area contributed by atoms with Crippen molar-refractivity contribution >= 4 is 5.91 Å². The summed E-state index contributed by atoms with van der Waals surface area (Å²) in [6.07, 6.45) is 0.428. The van der Waals surface area contributed by atoms with Gasteiger partial charge in [0.2, 0.25) is 5.91 Å². The van der Waals surface area contributed by atoms with Gasteiger partial charge >= 0.3 is 0 Å². The molecule has 5 nitrogen and oxygen atoms in total. The second-order valence-electron chi connectivity index (χ2n) is 3.02. The van der Waals surface area contributed by atoms with Crippen molar-refractivity contribution in [1.29, 1.82) is 5.26 Å². The second-order valence-corrected chi connectivity index (χ2v) is 3.02. The van der Waals surface area contributed by atoms with E-state index in [1.165, 1.54) is 14.0 Å². The van der Waals surface area contributed by atoms with Crippen LogP contribution in [-0.2, 0) is 9.53 Å². The number of ether oxygens (including phenoxy) is 1. The van der Waals surface area contributed by atoms with E-state index in [9.17, 15) is 4.79 Å². The molecular formula is C9H16N2O3. The first kappa shape index (κ1) is 12.9. The third kappa shape index (κ3) is 4.80. The van der Waals surface area contributed by atoms with Gasteiger partial charge in [0.15, 0.2) is 0 Å². The first-order valence-corrected chi connectivity index (χ1v) is 4.45. The summed E-state index contributed by atoms with van der Waals surface area (Å²) in [7, 11) is 1.52. The monoisotopic (exact) mass is 200 g/mol. The maximum absolute atomic E-state index is 11.3. The van der Waals surface area contributed by atoms with Crippen LogP contribution in [0.25, 0.3) is 0 Å². The van der Waals surface area contributed by atoms with Crippen LogP contribution in [0.3, 0.4) is 0 Å². The van der Waals surface area contributed by atoms with Gasteiger partial charge in [0.1, 0.15) is 5.92 Å². The summed E-state index contributed by atoms with van der Waals surface area (Å²) >= 11 is 0. The summed E-state index contributed by atoms with van der Waals surface area (Å²) in [4.78, 5) is 11.3. The van der Waals surface area contributed by atoms with Gasteiger partial charge in [-0.2, -0.15) is 5.26 Å². The van der Waals surface area contributed by atoms with Crippen molar-refractivity contribution < 1.29 is 14.6 Å². The van der Waals surface area contributed by atoms with Crippen molar-refractivity contribution in [3.63, 3.8) is 0 Å². The number of amides is 1. The molecule has 0 heterocycles. The summed E-state index contributed by atoms with van der Waals surface area (Å²) in [6.45, 7) is 1.85. The topological polar surface area (TPSA) is 82.3 Å². The predicted octanol–water partition coefficient (Wildman–Crippen LogP) is -0.340. The molecule has 0 fully saturated rings. The average Bonchev–Trinajstić information content (AvgIpc) is 2.17. The van der Waals surface area contributed by atoms with Crippen molar-refractivity contribution in [3.05, 3.63) is 0 Å². The third-order valence-electron chi connectivity index (χ3n) is 1.78. The zero-order valence-electron chi connectivity index (χ0n) is 8.49. The van der Waals surface area contributed by atoms with E-state index in [0.29, 0.717) is 13.0 Å². The highest BCUT2D eigenvalue weighted by Gasteiger charge is 2.16. The molecule has 0 aromatic heterocycles. The molecule has 0 aliphatic carbocycles. The summed E-state index contributed by atoms with van der Waals surface area (Å²) < 4.78 is 4.86. The minimum absolute atomic E-state index is 0.0186. The Morgan fingerprint density at radius 3 is 2.79 bits per heavy atom. The quantitative estimate of drug-likeness (QED) is 0.614. The Morgan fingerprint density at radius 2 is 2.36 bits per heavy atom. The van der Waals surface area contributed by atoms with Crippen molar-refractivity contribution in [2.45, 2.75) is 19.4 Å². The molecule has 2 unspecified atom stereocenters. The van der Waals surface area contributed by atoms with Gasteiger partial charge in [0, 0.05) is 13.7 Å². The zero-order valence-corrected chi connectivity index (χ0v) is 8.49. The van der Waals surface area contributed by atoms with Gasteiger partial charge in [-0.25, -0.2) is 0 Å². The van der Waals surface area contributed by atoms with Crippen LogP contribution in [0.15, 0.2) is 0 Å². The fourth-order valence-electron chi connectivity index (χ4n) is 0.939. The summed E-state index contributed by atoms with van der Waals surface area (Å²) in [6, 6.07) is 1.61. The van der Waals surface area contributed by atoms with Gasteiger partial charge in [-0.05, 0) is 13.3 Å². The van der Waals surface area contributed by atoms with E-state index in [-0.39, 0.29) is 18.6 Å². The van der Waals surface area contributed by atoms with E-state index >= 15 is 0 Å². The van der Waals surface area contributed by atoms with Gasteiger partial charge in [0.05, 0.1) is 18.7 Å². The van der Waals surface area contributed by atoms with Crippen molar-refractivity contribution in [1.82, 2.24) is 5.32 Å². The van der Waals surface area contributed by atoms with Crippen LogP contribution in [0, 0.1) is 17.2 Å². The lowest BCUT2D eigenvalue weighted by Crippen LogP contribution is -2.41. The molecule has 5 heteroatoms. The molecule has 0 saturated carbocycles. The minimum Gasteiger partial charge on any atom is -0.396 e. The number of hydrogen-bond acceptors (Lipinski definition) is 4. The van der Waals surface area contributed by atoms with Crippen molar-refractivity contribution in [3.8, 4) is 6.07 Å². The van der Waals surface area contributed by atoms with Crippen molar-refractivity contribution in [2.75, 3.05) is 20.3 Å². The standard InChI is InChI=1S/C9H16N2O3/c1-7(5-10)9(13)11-8(3-4-12)6-14-2/h7-8,12H,3-4,6H2,1-2H3,(H,11,13). The second kappa shape index (κ2) is 7.30. The molecule has 0 bridgehead atoms. The molecule has 0 aliphatic rings. The highest BCUT2D eigenvalue weighted by atomic mass is 16.5. The molecular weight excluding hydrogens is 184 g/mol. The summed E-state index contributed by atoms with van der Waals surface area (Å²) in [5, 5.41) is 19.8. The molecule has 0 aromatic carbocycles. The molecule has 2 N–H and O–H groups in total. The molecule has 0 rings (SSSR count). The van der Waals surface area contributed by atoms with Crippen LogP contribution in [0.5, 0.6) is 0 Å². The van der Waals surface area contributed by atoms with E-state index in [1.807, 2.05) is 6.07 Å². The number of carbonyl (C=O) groups is 1. The highest BCUT2D eigenvalue weighted by molar-refractivity contribution is 5.80. The van der Waals surface area contributed by atoms with E-state index in [4.69, 9.17) is 15.1 Å². The highest BCUT2D eigenvalue weighted by Crippen LogP contribution is 1.97. The lowest BCUT2D eigenvalue weighted by atomic mass is 10.1. The Balaban J connectivity index is 4.02. The molecule has 14 heavy (non-hydrogen) atoms. The number of aliphatic hydroxyl groups excluding tert-OH is 1. The van der Waals surface area contributed by atoms with Crippen LogP contribution in [0.2, 0.25) is 0 Å². The predicted molar refractivity (Wildman–Crippen MR) is 50.3 cm³/mol. The van der Waals surface area contributed by atoms with Gasteiger partial charge in [0.25, 0.3) is 0 Å². The number of nitrogens with one attached hydrogen (secondary N) is 1. The van der Waals surface area contributed by atoms with Crippen LogP contribution in [0.4, 0.5) is 0 Å². The summed E-state index contributed by atoms with van der Waals surface area (Å²) in [5.41, 5.74) is 0. The first-order chi connectivity index (χ1) is 6.65. The number of rotatable bonds is 6. The number of hydrogen-bond donors (Lipinski definition) is 2. The van der Waals surface area contributed by atoms with Gasteiger partial charge in [-0.15, -0.1) is 0 Å². The van der Waals surface area contributed by atoms with Gasteiger partial charge in [-0.1, -0.05) is 0 Å². The minimum atomic E-state index is -0.673. The average molecular weight is 200 g/mol. The van der Waals surface area contributed by atoms with E-state index < -0.39 is 5.92 Å². The largest absolute Gasteiger partial charge is 0.396 e. The molecule has 0 radical (unpaired) electrons. The van der Waals surface area contributed by atoms with Crippen LogP contribution in [-0.4, -0.2) is 37.4 Å². The van der Waals surface area contributed by atoms with E-state index in [2.05, 4.69) is 5.32 Å². The van der Waals surface area contributed by atoms with Crippen LogP contribution in [0.1, 0.15) is 13.3 Å². The molecule has 2 atom stereocenters. The normalized spacial score (nSPS) is 14.1.